The maximum Gasteiger partial charge on any atom is 0.282 e. The molecule has 0 bridgehead atoms. The van der Waals surface area contributed by atoms with E-state index in [1.54, 1.807) is 0 Å². The molecule has 1 aliphatic heterocycles. The van der Waals surface area contributed by atoms with Crippen molar-refractivity contribution in [1.82, 2.24) is 10.6 Å². The summed E-state index contributed by atoms with van der Waals surface area (Å²) in [6.45, 7) is 1.41. The monoisotopic (exact) mass is 253 g/mol. The van der Waals surface area contributed by atoms with Gasteiger partial charge in [0.05, 0.1) is 4.92 Å². The first-order valence-corrected chi connectivity index (χ1v) is 5.53. The number of nitro groups is 1. The zero-order chi connectivity index (χ0) is 13.1. The Morgan fingerprint density at radius 3 is 2.94 bits per heavy atom. The van der Waals surface area contributed by atoms with Crippen molar-refractivity contribution in [2.24, 2.45) is 0 Å². The van der Waals surface area contributed by atoms with Gasteiger partial charge in [-0.1, -0.05) is 0 Å². The van der Waals surface area contributed by atoms with Crippen LogP contribution in [0.3, 0.4) is 0 Å². The predicted molar refractivity (Wildman–Crippen MR) is 61.8 cm³/mol. The number of benzene rings is 1. The van der Waals surface area contributed by atoms with Gasteiger partial charge in [-0.25, -0.2) is 4.39 Å². The molecule has 1 fully saturated rings. The minimum absolute atomic E-state index is 0.0691. The molecular formula is C11H12FN3O3. The molecule has 6 nitrogen and oxygen atoms in total. The molecule has 1 amide bonds. The van der Waals surface area contributed by atoms with Gasteiger partial charge < -0.3 is 10.6 Å². The molecule has 2 rings (SSSR count). The summed E-state index contributed by atoms with van der Waals surface area (Å²) in [5.74, 6) is -1.29. The summed E-state index contributed by atoms with van der Waals surface area (Å²) in [5, 5.41) is 16.5. The summed E-state index contributed by atoms with van der Waals surface area (Å²) < 4.78 is 13.1. The van der Waals surface area contributed by atoms with Crippen LogP contribution in [0.4, 0.5) is 10.1 Å². The Morgan fingerprint density at radius 1 is 1.56 bits per heavy atom. The van der Waals surface area contributed by atoms with Crippen LogP contribution in [0, 0.1) is 15.9 Å². The number of nitrogens with zero attached hydrogens (tertiary/aromatic N) is 1. The Bertz CT molecular complexity index is 486. The van der Waals surface area contributed by atoms with Crippen LogP contribution in [-0.4, -0.2) is 30.0 Å². The number of hydrogen-bond donors (Lipinski definition) is 2. The van der Waals surface area contributed by atoms with Crippen LogP contribution >= 0.6 is 0 Å². The normalized spacial score (nSPS) is 18.6. The largest absolute Gasteiger partial charge is 0.348 e. The number of nitrogens with one attached hydrogen (secondary N) is 2. The second kappa shape index (κ2) is 5.09. The smallest absolute Gasteiger partial charge is 0.282 e. The van der Waals surface area contributed by atoms with Gasteiger partial charge in [-0.3, -0.25) is 14.9 Å². The third-order valence-electron chi connectivity index (χ3n) is 2.80. The average Bonchev–Trinajstić information content (AvgIpc) is 2.81. The molecule has 1 aromatic rings. The lowest BCUT2D eigenvalue weighted by atomic mass is 10.1. The fourth-order valence-electron chi connectivity index (χ4n) is 1.89. The number of nitro benzene ring substituents is 1. The molecule has 2 N–H and O–H groups in total. The Hall–Kier alpha value is -2.02. The van der Waals surface area contributed by atoms with E-state index >= 15 is 0 Å². The summed E-state index contributed by atoms with van der Waals surface area (Å²) in [6, 6.07) is 2.78. The van der Waals surface area contributed by atoms with Gasteiger partial charge in [0, 0.05) is 18.7 Å². The maximum absolute atomic E-state index is 13.1. The Morgan fingerprint density at radius 2 is 2.33 bits per heavy atom. The number of carbonyl (C=O) groups excluding carboxylic acids is 1. The molecule has 1 heterocycles. The summed E-state index contributed by atoms with van der Waals surface area (Å²) in [6.07, 6.45) is 0.759. The molecular weight excluding hydrogens is 241 g/mol. The van der Waals surface area contributed by atoms with Gasteiger partial charge in [0.25, 0.3) is 11.6 Å². The first-order valence-electron chi connectivity index (χ1n) is 5.53. The quantitative estimate of drug-likeness (QED) is 0.617. The van der Waals surface area contributed by atoms with Crippen molar-refractivity contribution in [1.29, 1.82) is 0 Å². The second-order valence-electron chi connectivity index (χ2n) is 4.08. The third kappa shape index (κ3) is 2.62. The summed E-state index contributed by atoms with van der Waals surface area (Å²) >= 11 is 0. The maximum atomic E-state index is 13.1. The van der Waals surface area contributed by atoms with Crippen molar-refractivity contribution in [2.75, 3.05) is 13.1 Å². The topological polar surface area (TPSA) is 84.3 Å². The van der Waals surface area contributed by atoms with Gasteiger partial charge in [0.2, 0.25) is 0 Å². The number of hydrogen-bond acceptors (Lipinski definition) is 4. The number of carbonyl (C=O) groups is 1. The first kappa shape index (κ1) is 12.4. The molecule has 1 atom stereocenters. The average molecular weight is 253 g/mol. The van der Waals surface area contributed by atoms with Crippen molar-refractivity contribution in [3.63, 3.8) is 0 Å². The lowest BCUT2D eigenvalue weighted by Crippen LogP contribution is -2.36. The van der Waals surface area contributed by atoms with Gasteiger partial charge in [-0.2, -0.15) is 0 Å². The number of halogens is 1. The molecule has 0 saturated carbocycles. The van der Waals surface area contributed by atoms with Gasteiger partial charge in [0.1, 0.15) is 11.4 Å². The van der Waals surface area contributed by atoms with Crippen LogP contribution in [0.15, 0.2) is 18.2 Å². The van der Waals surface area contributed by atoms with Crippen molar-refractivity contribution >= 4 is 11.6 Å². The van der Waals surface area contributed by atoms with E-state index in [1.165, 1.54) is 0 Å². The SMILES string of the molecule is O=C(NC1CCNC1)c1cc(F)ccc1[N+](=O)[O-]. The highest BCUT2D eigenvalue weighted by molar-refractivity contribution is 5.98. The molecule has 0 aromatic heterocycles. The number of rotatable bonds is 3. The van der Waals surface area contributed by atoms with Gasteiger partial charge >= 0.3 is 0 Å². The van der Waals surface area contributed by atoms with Crippen LogP contribution in [-0.2, 0) is 0 Å². The van der Waals surface area contributed by atoms with Gasteiger partial charge in [0.15, 0.2) is 0 Å². The molecule has 1 aromatic carbocycles. The zero-order valence-corrected chi connectivity index (χ0v) is 9.48. The highest BCUT2D eigenvalue weighted by atomic mass is 19.1. The molecule has 1 aliphatic rings. The van der Waals surface area contributed by atoms with Crippen molar-refractivity contribution in [3.8, 4) is 0 Å². The molecule has 0 aliphatic carbocycles. The van der Waals surface area contributed by atoms with Crippen LogP contribution in [0.25, 0.3) is 0 Å². The Labute approximate surface area is 102 Å². The fraction of sp³-hybridized carbons (Fsp3) is 0.364. The fourth-order valence-corrected chi connectivity index (χ4v) is 1.89. The summed E-state index contributed by atoms with van der Waals surface area (Å²) in [4.78, 5) is 21.9. The summed E-state index contributed by atoms with van der Waals surface area (Å²) in [5.41, 5.74) is -0.633. The highest BCUT2D eigenvalue weighted by Crippen LogP contribution is 2.19. The van der Waals surface area contributed by atoms with E-state index in [-0.39, 0.29) is 17.3 Å². The first-order chi connectivity index (χ1) is 8.58. The van der Waals surface area contributed by atoms with Gasteiger partial charge in [-0.05, 0) is 25.1 Å². The van der Waals surface area contributed by atoms with E-state index in [4.69, 9.17) is 0 Å². The molecule has 96 valence electrons. The predicted octanol–water partition coefficient (Wildman–Crippen LogP) is 0.826. The Balaban J connectivity index is 2.22. The summed E-state index contributed by atoms with van der Waals surface area (Å²) in [7, 11) is 0. The van der Waals surface area contributed by atoms with E-state index in [0.717, 1.165) is 31.2 Å². The lowest BCUT2D eigenvalue weighted by Gasteiger charge is -2.11. The van der Waals surface area contributed by atoms with E-state index in [9.17, 15) is 19.3 Å². The van der Waals surface area contributed by atoms with Gasteiger partial charge in [-0.15, -0.1) is 0 Å². The van der Waals surface area contributed by atoms with Crippen molar-refractivity contribution in [2.45, 2.75) is 12.5 Å². The third-order valence-corrected chi connectivity index (χ3v) is 2.80. The number of amides is 1. The molecule has 1 unspecified atom stereocenters. The standard InChI is InChI=1S/C11H12FN3O3/c12-7-1-2-10(15(17)18)9(5-7)11(16)14-8-3-4-13-6-8/h1-2,5,8,13H,3-4,6H2,(H,14,16). The molecule has 1 saturated heterocycles. The minimum atomic E-state index is -0.693. The van der Waals surface area contributed by atoms with E-state index < -0.39 is 16.6 Å². The minimum Gasteiger partial charge on any atom is -0.348 e. The lowest BCUT2D eigenvalue weighted by molar-refractivity contribution is -0.385. The van der Waals surface area contributed by atoms with Crippen LogP contribution in [0.2, 0.25) is 0 Å². The second-order valence-corrected chi connectivity index (χ2v) is 4.08. The highest BCUT2D eigenvalue weighted by Gasteiger charge is 2.24. The van der Waals surface area contributed by atoms with E-state index in [0.29, 0.717) is 6.54 Å². The van der Waals surface area contributed by atoms with Crippen LogP contribution in [0.5, 0.6) is 0 Å². The van der Waals surface area contributed by atoms with E-state index in [1.807, 2.05) is 0 Å². The zero-order valence-electron chi connectivity index (χ0n) is 9.48. The van der Waals surface area contributed by atoms with Crippen molar-refractivity contribution < 1.29 is 14.1 Å². The van der Waals surface area contributed by atoms with E-state index in [2.05, 4.69) is 10.6 Å². The molecule has 0 radical (unpaired) electrons. The molecule has 18 heavy (non-hydrogen) atoms. The Kier molecular flexibility index (Phi) is 3.52. The molecule has 0 spiro atoms. The van der Waals surface area contributed by atoms with Crippen molar-refractivity contribution in [3.05, 3.63) is 39.7 Å². The van der Waals surface area contributed by atoms with Crippen LogP contribution in [0.1, 0.15) is 16.8 Å². The van der Waals surface area contributed by atoms with Crippen LogP contribution < -0.4 is 10.6 Å². The molecule has 7 heteroatoms.